The van der Waals surface area contributed by atoms with Gasteiger partial charge in [0.2, 0.25) is 0 Å². The maximum atomic E-state index is 4.35. The van der Waals surface area contributed by atoms with E-state index in [9.17, 15) is 0 Å². The minimum absolute atomic E-state index is 0. The lowest BCUT2D eigenvalue weighted by Crippen LogP contribution is -2.11. The summed E-state index contributed by atoms with van der Waals surface area (Å²) in [5.74, 6) is 0. The number of hydrogen-bond acceptors (Lipinski definition) is 1. The molecule has 0 atom stereocenters. The van der Waals surface area contributed by atoms with Crippen molar-refractivity contribution in [1.29, 1.82) is 0 Å². The van der Waals surface area contributed by atoms with Crippen LogP contribution in [0.3, 0.4) is 0 Å². The van der Waals surface area contributed by atoms with Crippen molar-refractivity contribution in [2.24, 2.45) is 0 Å². The van der Waals surface area contributed by atoms with E-state index < -0.39 is 0 Å². The van der Waals surface area contributed by atoms with Crippen molar-refractivity contribution < 1.29 is 1.43 Å². The maximum Gasteiger partial charge on any atom is 0.137 e. The third-order valence-electron chi connectivity index (χ3n) is 2.27. The smallest absolute Gasteiger partial charge is 0.137 e. The van der Waals surface area contributed by atoms with Gasteiger partial charge in [-0.05, 0) is 23.1 Å². The third-order valence-corrected chi connectivity index (χ3v) is 2.27. The molecular formula is C11H16N2. The van der Waals surface area contributed by atoms with Crippen molar-refractivity contribution in [3.63, 3.8) is 0 Å². The molecule has 0 aromatic carbocycles. The molecule has 0 radical (unpaired) electrons. The number of fused-ring (bicyclic) bond motifs is 1. The molecule has 0 fully saturated rings. The van der Waals surface area contributed by atoms with E-state index in [-0.39, 0.29) is 6.84 Å². The van der Waals surface area contributed by atoms with Gasteiger partial charge < -0.3 is 4.98 Å². The zero-order valence-corrected chi connectivity index (χ0v) is 8.26. The van der Waals surface area contributed by atoms with Crippen LogP contribution in [0.15, 0.2) is 24.5 Å². The molecule has 0 aliphatic carbocycles. The molecule has 0 amide bonds. The Morgan fingerprint density at radius 2 is 2.15 bits per heavy atom. The van der Waals surface area contributed by atoms with Gasteiger partial charge in [-0.25, -0.2) is 4.98 Å². The zero-order chi connectivity index (χ0) is 9.47. The number of hydrogen-bond donors (Lipinski definition) is 1. The molecule has 2 rings (SSSR count). The Hall–Kier alpha value is -1.31. The highest BCUT2D eigenvalue weighted by Crippen LogP contribution is 2.23. The molecule has 0 spiro atoms. The predicted octanol–water partition coefficient (Wildman–Crippen LogP) is 3.11. The van der Waals surface area contributed by atoms with E-state index >= 15 is 0 Å². The normalized spacial score (nSPS) is 12.2. The fourth-order valence-electron chi connectivity index (χ4n) is 1.35. The fourth-order valence-corrected chi connectivity index (χ4v) is 1.35. The summed E-state index contributed by atoms with van der Waals surface area (Å²) in [5.41, 5.74) is 2.42. The van der Waals surface area contributed by atoms with Crippen molar-refractivity contribution in [2.75, 3.05) is 0 Å². The van der Waals surface area contributed by atoms with Gasteiger partial charge in [0, 0.05) is 19.2 Å². The van der Waals surface area contributed by atoms with Gasteiger partial charge in [0.25, 0.3) is 0 Å². The summed E-state index contributed by atoms with van der Waals surface area (Å²) in [4.78, 5) is 7.44. The van der Waals surface area contributed by atoms with Gasteiger partial charge in [-0.2, -0.15) is 0 Å². The maximum absolute atomic E-state index is 4.35. The number of H-pyrrole nitrogens is 1. The minimum atomic E-state index is 0. The van der Waals surface area contributed by atoms with Crippen LogP contribution < -0.4 is 0 Å². The lowest BCUT2D eigenvalue weighted by atomic mass is 9.88. The molecule has 0 aliphatic rings. The first-order chi connectivity index (χ1) is 6.07. The van der Waals surface area contributed by atoms with Crippen LogP contribution in [0.5, 0.6) is 0 Å². The molecular weight excluding hydrogens is 160 g/mol. The quantitative estimate of drug-likeness (QED) is 0.656. The van der Waals surface area contributed by atoms with Crippen LogP contribution >= 0.6 is 0 Å². The van der Waals surface area contributed by atoms with E-state index in [1.54, 1.807) is 0 Å². The first-order valence-corrected chi connectivity index (χ1v) is 4.51. The van der Waals surface area contributed by atoms with Crippen LogP contribution in [-0.4, -0.2) is 9.97 Å². The monoisotopic (exact) mass is 176 g/mol. The van der Waals surface area contributed by atoms with Crippen LogP contribution in [0.25, 0.3) is 11.0 Å². The van der Waals surface area contributed by atoms with Crippen LogP contribution in [-0.2, 0) is 5.41 Å². The van der Waals surface area contributed by atoms with Crippen molar-refractivity contribution in [1.82, 2.24) is 9.97 Å². The summed E-state index contributed by atoms with van der Waals surface area (Å²) in [6, 6.07) is 4.25. The highest BCUT2D eigenvalue weighted by atomic mass is 14.8. The Balaban J connectivity index is 0.000000980. The molecule has 2 aromatic rings. The SMILES string of the molecule is CC(C)(C)c1cnc2[nH]ccc2c1.[HH]. The second-order valence-electron chi connectivity index (χ2n) is 4.39. The molecule has 13 heavy (non-hydrogen) atoms. The third kappa shape index (κ3) is 1.44. The number of nitrogens with one attached hydrogen (secondary N) is 1. The van der Waals surface area contributed by atoms with Crippen molar-refractivity contribution in [3.05, 3.63) is 30.1 Å². The van der Waals surface area contributed by atoms with E-state index in [0.29, 0.717) is 0 Å². The van der Waals surface area contributed by atoms with Gasteiger partial charge in [0.05, 0.1) is 0 Å². The standard InChI is InChI=1S/C11H14N2.H2/c1-11(2,3)9-6-8-4-5-12-10(8)13-7-9;/h4-7H,1-3H3,(H,12,13);1H. The molecule has 2 aromatic heterocycles. The van der Waals surface area contributed by atoms with E-state index in [4.69, 9.17) is 0 Å². The van der Waals surface area contributed by atoms with E-state index in [0.717, 1.165) is 5.65 Å². The molecule has 0 saturated carbocycles. The molecule has 1 N–H and O–H groups in total. The van der Waals surface area contributed by atoms with Gasteiger partial charge in [0.15, 0.2) is 0 Å². The van der Waals surface area contributed by atoms with Gasteiger partial charge in [-0.1, -0.05) is 20.8 Å². The predicted molar refractivity (Wildman–Crippen MR) is 56.9 cm³/mol. The summed E-state index contributed by atoms with van der Waals surface area (Å²) < 4.78 is 0. The second-order valence-corrected chi connectivity index (χ2v) is 4.39. The molecule has 2 heteroatoms. The summed E-state index contributed by atoms with van der Waals surface area (Å²) >= 11 is 0. The van der Waals surface area contributed by atoms with Crippen molar-refractivity contribution >= 4 is 11.0 Å². The molecule has 2 heterocycles. The number of rotatable bonds is 0. The van der Waals surface area contributed by atoms with Crippen LogP contribution in [0.4, 0.5) is 0 Å². The average Bonchev–Trinajstić information content (AvgIpc) is 2.47. The second kappa shape index (κ2) is 2.59. The van der Waals surface area contributed by atoms with Gasteiger partial charge >= 0.3 is 0 Å². The van der Waals surface area contributed by atoms with Crippen molar-refractivity contribution in [3.8, 4) is 0 Å². The van der Waals surface area contributed by atoms with E-state index in [2.05, 4.69) is 42.9 Å². The van der Waals surface area contributed by atoms with Crippen molar-refractivity contribution in [2.45, 2.75) is 26.2 Å². The molecule has 2 nitrogen and oxygen atoms in total. The van der Waals surface area contributed by atoms with Gasteiger partial charge in [-0.3, -0.25) is 0 Å². The Bertz CT molecular complexity index is 426. The number of aromatic amines is 1. The summed E-state index contributed by atoms with van der Waals surface area (Å²) in [7, 11) is 0. The Morgan fingerprint density at radius 1 is 1.38 bits per heavy atom. The summed E-state index contributed by atoms with van der Waals surface area (Å²) in [6.07, 6.45) is 3.86. The number of aromatic nitrogens is 2. The van der Waals surface area contributed by atoms with Crippen LogP contribution in [0.2, 0.25) is 0 Å². The largest absolute Gasteiger partial charge is 0.346 e. The Labute approximate surface area is 79.5 Å². The molecule has 0 unspecified atom stereocenters. The molecule has 0 bridgehead atoms. The number of pyridine rings is 1. The van der Waals surface area contributed by atoms with E-state index in [1.165, 1.54) is 10.9 Å². The fraction of sp³-hybridized carbons (Fsp3) is 0.364. The highest BCUT2D eigenvalue weighted by Gasteiger charge is 2.14. The Morgan fingerprint density at radius 3 is 2.85 bits per heavy atom. The number of nitrogens with zero attached hydrogens (tertiary/aromatic N) is 1. The lowest BCUT2D eigenvalue weighted by Gasteiger charge is -2.18. The van der Waals surface area contributed by atoms with Crippen LogP contribution in [0.1, 0.15) is 27.8 Å². The Kier molecular flexibility index (Phi) is 1.65. The highest BCUT2D eigenvalue weighted by molar-refractivity contribution is 5.75. The summed E-state index contributed by atoms with van der Waals surface area (Å²) in [5, 5.41) is 1.19. The van der Waals surface area contributed by atoms with Crippen LogP contribution in [0, 0.1) is 0 Å². The zero-order valence-electron chi connectivity index (χ0n) is 8.26. The summed E-state index contributed by atoms with van der Waals surface area (Å²) in [6.45, 7) is 6.59. The topological polar surface area (TPSA) is 28.7 Å². The first kappa shape index (κ1) is 8.30. The lowest BCUT2D eigenvalue weighted by molar-refractivity contribution is 0.588. The minimum Gasteiger partial charge on any atom is -0.346 e. The average molecular weight is 176 g/mol. The molecule has 0 saturated heterocycles. The molecule has 70 valence electrons. The first-order valence-electron chi connectivity index (χ1n) is 4.51. The molecule has 0 aliphatic heterocycles. The van der Waals surface area contributed by atoms with Gasteiger partial charge in [0.1, 0.15) is 5.65 Å². The van der Waals surface area contributed by atoms with Gasteiger partial charge in [-0.15, -0.1) is 0 Å². The van der Waals surface area contributed by atoms with E-state index in [1.807, 2.05) is 12.4 Å².